The highest BCUT2D eigenvalue weighted by atomic mass is 16.3. The van der Waals surface area contributed by atoms with Crippen LogP contribution in [-0.4, -0.2) is 22.3 Å². The average Bonchev–Trinajstić information content (AvgIpc) is 2.99. The van der Waals surface area contributed by atoms with Crippen molar-refractivity contribution in [3.63, 3.8) is 0 Å². The summed E-state index contributed by atoms with van der Waals surface area (Å²) in [5.74, 6) is 0.359. The van der Waals surface area contributed by atoms with Crippen molar-refractivity contribution >= 4 is 18.2 Å². The Balaban J connectivity index is 1.83. The quantitative estimate of drug-likeness (QED) is 0.634. The molecule has 0 aliphatic rings. The highest BCUT2D eigenvalue weighted by Gasteiger charge is 2.06. The second kappa shape index (κ2) is 5.62. The molecule has 2 rings (SSSR count). The standard InChI is InChI=1S/C12H12N4O2/c1-9-8-11(15-14-9)12(17)16-13-6-2-4-10-5-3-7-18-10/h2-8H,1H3,(H,14,15)(H,16,17). The Morgan fingerprint density at radius 2 is 2.50 bits per heavy atom. The zero-order chi connectivity index (χ0) is 12.8. The second-order valence-electron chi connectivity index (χ2n) is 3.53. The number of H-pyrrole nitrogens is 1. The molecule has 0 fully saturated rings. The van der Waals surface area contributed by atoms with Crippen LogP contribution in [0.3, 0.4) is 0 Å². The Hall–Kier alpha value is -2.63. The maximum Gasteiger partial charge on any atom is 0.291 e. The number of aryl methyl sites for hydroxylation is 1. The van der Waals surface area contributed by atoms with Crippen LogP contribution in [0.4, 0.5) is 0 Å². The molecule has 0 bridgehead atoms. The van der Waals surface area contributed by atoms with E-state index in [1.54, 1.807) is 30.5 Å². The molecule has 6 nitrogen and oxygen atoms in total. The molecule has 2 N–H and O–H groups in total. The number of hydrazone groups is 1. The van der Waals surface area contributed by atoms with Crippen molar-refractivity contribution in [1.82, 2.24) is 15.6 Å². The van der Waals surface area contributed by atoms with Gasteiger partial charge in [-0.2, -0.15) is 10.2 Å². The molecule has 0 aliphatic heterocycles. The molecule has 0 aromatic carbocycles. The van der Waals surface area contributed by atoms with Gasteiger partial charge in [0.2, 0.25) is 0 Å². The van der Waals surface area contributed by atoms with Gasteiger partial charge in [-0.15, -0.1) is 0 Å². The first-order valence-electron chi connectivity index (χ1n) is 5.31. The Morgan fingerprint density at radius 1 is 1.61 bits per heavy atom. The zero-order valence-electron chi connectivity index (χ0n) is 9.75. The van der Waals surface area contributed by atoms with Crippen molar-refractivity contribution in [3.05, 3.63) is 47.7 Å². The monoisotopic (exact) mass is 244 g/mol. The van der Waals surface area contributed by atoms with E-state index in [1.807, 2.05) is 13.0 Å². The van der Waals surface area contributed by atoms with E-state index >= 15 is 0 Å². The molecule has 0 radical (unpaired) electrons. The van der Waals surface area contributed by atoms with E-state index in [0.29, 0.717) is 5.69 Å². The highest BCUT2D eigenvalue weighted by Crippen LogP contribution is 2.01. The van der Waals surface area contributed by atoms with Crippen LogP contribution in [0.2, 0.25) is 0 Å². The molecule has 1 amide bonds. The molecular weight excluding hydrogens is 232 g/mol. The number of furan rings is 1. The summed E-state index contributed by atoms with van der Waals surface area (Å²) in [7, 11) is 0. The van der Waals surface area contributed by atoms with Crippen LogP contribution in [0.15, 0.2) is 40.1 Å². The van der Waals surface area contributed by atoms with Crippen LogP contribution in [0.1, 0.15) is 21.9 Å². The molecule has 2 aromatic rings. The van der Waals surface area contributed by atoms with E-state index in [4.69, 9.17) is 4.42 Å². The van der Waals surface area contributed by atoms with Gasteiger partial charge in [0.05, 0.1) is 6.26 Å². The Morgan fingerprint density at radius 3 is 3.17 bits per heavy atom. The third-order valence-corrected chi connectivity index (χ3v) is 2.07. The molecule has 0 aliphatic carbocycles. The number of allylic oxidation sites excluding steroid dienone is 1. The molecule has 2 aromatic heterocycles. The number of nitrogens with zero attached hydrogens (tertiary/aromatic N) is 2. The second-order valence-corrected chi connectivity index (χ2v) is 3.53. The van der Waals surface area contributed by atoms with Gasteiger partial charge in [-0.25, -0.2) is 5.43 Å². The van der Waals surface area contributed by atoms with Crippen molar-refractivity contribution in [1.29, 1.82) is 0 Å². The number of hydrogen-bond acceptors (Lipinski definition) is 4. The van der Waals surface area contributed by atoms with Crippen LogP contribution in [-0.2, 0) is 0 Å². The van der Waals surface area contributed by atoms with Crippen molar-refractivity contribution < 1.29 is 9.21 Å². The van der Waals surface area contributed by atoms with E-state index in [-0.39, 0.29) is 5.91 Å². The van der Waals surface area contributed by atoms with Gasteiger partial charge in [-0.1, -0.05) is 0 Å². The first kappa shape index (κ1) is 11.8. The van der Waals surface area contributed by atoms with Crippen LogP contribution in [0, 0.1) is 6.92 Å². The number of carbonyl (C=O) groups is 1. The minimum Gasteiger partial charge on any atom is -0.465 e. The normalized spacial score (nSPS) is 11.4. The molecule has 0 unspecified atom stereocenters. The molecule has 0 saturated carbocycles. The lowest BCUT2D eigenvalue weighted by molar-refractivity contribution is 0.0950. The smallest absolute Gasteiger partial charge is 0.291 e. The van der Waals surface area contributed by atoms with E-state index in [9.17, 15) is 4.79 Å². The number of aromatic amines is 1. The first-order valence-corrected chi connectivity index (χ1v) is 5.31. The fraction of sp³-hybridized carbons (Fsp3) is 0.0833. The lowest BCUT2D eigenvalue weighted by Crippen LogP contribution is -2.17. The molecule has 2 heterocycles. The van der Waals surface area contributed by atoms with E-state index in [0.717, 1.165) is 11.5 Å². The van der Waals surface area contributed by atoms with Gasteiger partial charge in [0, 0.05) is 11.9 Å². The minimum atomic E-state index is -0.359. The van der Waals surface area contributed by atoms with Crippen molar-refractivity contribution in [2.24, 2.45) is 5.10 Å². The fourth-order valence-corrected chi connectivity index (χ4v) is 1.25. The Kier molecular flexibility index (Phi) is 3.70. The number of hydrogen-bond donors (Lipinski definition) is 2. The molecule has 6 heteroatoms. The SMILES string of the molecule is Cc1cc(C(=O)NN=CC=Cc2ccco2)n[nH]1. The maximum atomic E-state index is 11.5. The summed E-state index contributed by atoms with van der Waals surface area (Å²) in [5.41, 5.74) is 3.48. The van der Waals surface area contributed by atoms with E-state index in [1.165, 1.54) is 6.21 Å². The van der Waals surface area contributed by atoms with Crippen LogP contribution in [0.5, 0.6) is 0 Å². The van der Waals surface area contributed by atoms with Crippen LogP contribution < -0.4 is 5.43 Å². The highest BCUT2D eigenvalue weighted by molar-refractivity contribution is 5.92. The lowest BCUT2D eigenvalue weighted by atomic mass is 10.4. The molecule has 0 spiro atoms. The summed E-state index contributed by atoms with van der Waals surface area (Å²) in [6.45, 7) is 1.82. The third kappa shape index (κ3) is 3.18. The Labute approximate surface area is 103 Å². The van der Waals surface area contributed by atoms with Gasteiger partial charge in [-0.05, 0) is 37.3 Å². The zero-order valence-corrected chi connectivity index (χ0v) is 9.75. The van der Waals surface area contributed by atoms with Gasteiger partial charge in [0.1, 0.15) is 5.76 Å². The van der Waals surface area contributed by atoms with E-state index < -0.39 is 0 Å². The fourth-order valence-electron chi connectivity index (χ4n) is 1.25. The summed E-state index contributed by atoms with van der Waals surface area (Å²) in [4.78, 5) is 11.5. The predicted octanol–water partition coefficient (Wildman–Crippen LogP) is 1.74. The number of rotatable bonds is 4. The van der Waals surface area contributed by atoms with Crippen LogP contribution >= 0.6 is 0 Å². The summed E-state index contributed by atoms with van der Waals surface area (Å²) in [6.07, 6.45) is 6.43. The van der Waals surface area contributed by atoms with Gasteiger partial charge < -0.3 is 4.42 Å². The summed E-state index contributed by atoms with van der Waals surface area (Å²) < 4.78 is 5.08. The number of carbonyl (C=O) groups excluding carboxylic acids is 1. The maximum absolute atomic E-state index is 11.5. The third-order valence-electron chi connectivity index (χ3n) is 2.07. The molecule has 92 valence electrons. The average molecular weight is 244 g/mol. The van der Waals surface area contributed by atoms with Crippen molar-refractivity contribution in [2.75, 3.05) is 0 Å². The Bertz CT molecular complexity index is 567. The summed E-state index contributed by atoms with van der Waals surface area (Å²) in [6, 6.07) is 5.25. The van der Waals surface area contributed by atoms with E-state index in [2.05, 4.69) is 20.7 Å². The molecule has 0 saturated heterocycles. The lowest BCUT2D eigenvalue weighted by Gasteiger charge is -1.92. The van der Waals surface area contributed by atoms with Crippen molar-refractivity contribution in [2.45, 2.75) is 6.92 Å². The number of amides is 1. The van der Waals surface area contributed by atoms with Crippen LogP contribution in [0.25, 0.3) is 6.08 Å². The predicted molar refractivity (Wildman–Crippen MR) is 67.0 cm³/mol. The largest absolute Gasteiger partial charge is 0.465 e. The molecule has 0 atom stereocenters. The summed E-state index contributed by atoms with van der Waals surface area (Å²) in [5, 5.41) is 10.2. The van der Waals surface area contributed by atoms with Gasteiger partial charge in [0.15, 0.2) is 5.69 Å². The molecular formula is C12H12N4O2. The van der Waals surface area contributed by atoms with Crippen molar-refractivity contribution in [3.8, 4) is 0 Å². The van der Waals surface area contributed by atoms with Gasteiger partial charge in [-0.3, -0.25) is 9.89 Å². The van der Waals surface area contributed by atoms with Gasteiger partial charge >= 0.3 is 0 Å². The molecule has 18 heavy (non-hydrogen) atoms. The topological polar surface area (TPSA) is 83.3 Å². The minimum absolute atomic E-state index is 0.305. The number of aromatic nitrogens is 2. The number of nitrogens with one attached hydrogen (secondary N) is 2. The first-order chi connectivity index (χ1) is 8.75. The summed E-state index contributed by atoms with van der Waals surface area (Å²) >= 11 is 0. The van der Waals surface area contributed by atoms with Gasteiger partial charge in [0.25, 0.3) is 5.91 Å².